The molecule has 0 aromatic heterocycles. The quantitative estimate of drug-likeness (QED) is 0.322. The Hall–Kier alpha value is -0.860. The molecule has 148 valence electrons. The Morgan fingerprint density at radius 3 is 2.42 bits per heavy atom. The number of guanidine groups is 1. The summed E-state index contributed by atoms with van der Waals surface area (Å²) in [7, 11) is 1.83. The van der Waals surface area contributed by atoms with E-state index in [2.05, 4.69) is 72.0 Å². The number of benzene rings is 1. The summed E-state index contributed by atoms with van der Waals surface area (Å²) in [6, 6.07) is 11.3. The van der Waals surface area contributed by atoms with Crippen molar-refractivity contribution < 1.29 is 4.74 Å². The molecular weight excluding hydrogens is 439 g/mol. The molecule has 3 N–H and O–H groups in total. The second-order valence-electron chi connectivity index (χ2n) is 7.05. The zero-order valence-corrected chi connectivity index (χ0v) is 18.9. The molecule has 1 heterocycles. The van der Waals surface area contributed by atoms with Crippen LogP contribution in [-0.4, -0.2) is 44.3 Å². The molecule has 0 aliphatic carbocycles. The minimum absolute atomic E-state index is 0. The van der Waals surface area contributed by atoms with Gasteiger partial charge in [0.1, 0.15) is 0 Å². The Balaban J connectivity index is 0.00000338. The van der Waals surface area contributed by atoms with Crippen molar-refractivity contribution in [3.63, 3.8) is 0 Å². The van der Waals surface area contributed by atoms with Gasteiger partial charge >= 0.3 is 0 Å². The largest absolute Gasteiger partial charge is 0.381 e. The smallest absolute Gasteiger partial charge is 0.191 e. The molecule has 2 rings (SSSR count). The van der Waals surface area contributed by atoms with Gasteiger partial charge in [0.05, 0.1) is 0 Å². The van der Waals surface area contributed by atoms with Crippen LogP contribution >= 0.6 is 24.0 Å². The van der Waals surface area contributed by atoms with Crippen LogP contribution in [-0.2, 0) is 4.74 Å². The van der Waals surface area contributed by atoms with Gasteiger partial charge in [0.15, 0.2) is 5.96 Å². The molecular formula is C20H35IN4O. The average molecular weight is 474 g/mol. The molecule has 0 amide bonds. The van der Waals surface area contributed by atoms with Crippen LogP contribution in [0.2, 0.25) is 0 Å². The molecule has 5 nitrogen and oxygen atoms in total. The van der Waals surface area contributed by atoms with Crippen LogP contribution in [0.4, 0.5) is 0 Å². The van der Waals surface area contributed by atoms with Crippen molar-refractivity contribution in [2.45, 2.75) is 57.7 Å². The number of nitrogens with one attached hydrogen (secondary N) is 3. The van der Waals surface area contributed by atoms with Gasteiger partial charge in [-0.25, -0.2) is 0 Å². The third-order valence-electron chi connectivity index (χ3n) is 5.09. The predicted octanol–water partition coefficient (Wildman–Crippen LogP) is 3.47. The van der Waals surface area contributed by atoms with E-state index in [1.165, 1.54) is 5.56 Å². The molecule has 2 unspecified atom stereocenters. The van der Waals surface area contributed by atoms with Crippen LogP contribution in [0, 0.1) is 0 Å². The lowest BCUT2D eigenvalue weighted by atomic mass is 9.88. The molecule has 1 fully saturated rings. The fraction of sp³-hybridized carbons (Fsp3) is 0.650. The summed E-state index contributed by atoms with van der Waals surface area (Å²) in [4.78, 5) is 4.36. The minimum atomic E-state index is 0. The normalized spacial score (nSPS) is 19.2. The van der Waals surface area contributed by atoms with Crippen molar-refractivity contribution in [2.24, 2.45) is 4.99 Å². The van der Waals surface area contributed by atoms with Gasteiger partial charge in [-0.1, -0.05) is 37.3 Å². The summed E-state index contributed by atoms with van der Waals surface area (Å²) >= 11 is 0. The van der Waals surface area contributed by atoms with Crippen LogP contribution in [0.1, 0.15) is 51.6 Å². The maximum Gasteiger partial charge on any atom is 0.191 e. The minimum Gasteiger partial charge on any atom is -0.381 e. The number of rotatable bonds is 7. The standard InChI is InChI=1S/C20H34N4O.HI/c1-5-16(2)23-19(21-4)22-15-20(11-13-25-14-12-20)24-17(3)18-9-7-6-8-10-18;/h6-10,16-17,24H,5,11-15H2,1-4H3,(H2,21,22,23);1H. The number of ether oxygens (including phenoxy) is 1. The molecule has 0 bridgehead atoms. The van der Waals surface area contributed by atoms with Crippen LogP contribution in [0.5, 0.6) is 0 Å². The first-order valence-corrected chi connectivity index (χ1v) is 9.46. The maximum atomic E-state index is 5.61. The molecule has 1 saturated heterocycles. The molecule has 6 heteroatoms. The van der Waals surface area contributed by atoms with E-state index >= 15 is 0 Å². The van der Waals surface area contributed by atoms with Crippen molar-refractivity contribution in [2.75, 3.05) is 26.8 Å². The highest BCUT2D eigenvalue weighted by Crippen LogP contribution is 2.25. The van der Waals surface area contributed by atoms with Crippen molar-refractivity contribution in [1.82, 2.24) is 16.0 Å². The van der Waals surface area contributed by atoms with E-state index in [-0.39, 0.29) is 29.5 Å². The zero-order chi connectivity index (χ0) is 18.1. The highest BCUT2D eigenvalue weighted by Gasteiger charge is 2.34. The number of nitrogens with zero attached hydrogens (tertiary/aromatic N) is 1. The van der Waals surface area contributed by atoms with E-state index in [4.69, 9.17) is 4.74 Å². The summed E-state index contributed by atoms with van der Waals surface area (Å²) < 4.78 is 5.61. The van der Waals surface area contributed by atoms with Crippen LogP contribution in [0.15, 0.2) is 35.3 Å². The summed E-state index contributed by atoms with van der Waals surface area (Å²) in [5.41, 5.74) is 1.33. The highest BCUT2D eigenvalue weighted by molar-refractivity contribution is 14.0. The van der Waals surface area contributed by atoms with Crippen LogP contribution in [0.25, 0.3) is 0 Å². The number of hydrogen-bond donors (Lipinski definition) is 3. The summed E-state index contributed by atoms with van der Waals surface area (Å²) in [5.74, 6) is 0.870. The Morgan fingerprint density at radius 2 is 1.85 bits per heavy atom. The molecule has 0 spiro atoms. The van der Waals surface area contributed by atoms with E-state index in [9.17, 15) is 0 Å². The van der Waals surface area contributed by atoms with Crippen molar-refractivity contribution in [1.29, 1.82) is 0 Å². The van der Waals surface area contributed by atoms with Gasteiger partial charge in [-0.15, -0.1) is 24.0 Å². The van der Waals surface area contributed by atoms with Crippen molar-refractivity contribution in [3.05, 3.63) is 35.9 Å². The number of halogens is 1. The van der Waals surface area contributed by atoms with Crippen LogP contribution < -0.4 is 16.0 Å². The predicted molar refractivity (Wildman–Crippen MR) is 120 cm³/mol. The average Bonchev–Trinajstić information content (AvgIpc) is 2.66. The first-order valence-electron chi connectivity index (χ1n) is 9.46. The van der Waals surface area contributed by atoms with Gasteiger partial charge in [-0.05, 0) is 38.7 Å². The van der Waals surface area contributed by atoms with Gasteiger partial charge < -0.3 is 20.7 Å². The maximum absolute atomic E-state index is 5.61. The first-order chi connectivity index (χ1) is 12.1. The number of aliphatic imine (C=N–C) groups is 1. The summed E-state index contributed by atoms with van der Waals surface area (Å²) in [6.45, 7) is 9.02. The highest BCUT2D eigenvalue weighted by atomic mass is 127. The van der Waals surface area contributed by atoms with Gasteiger partial charge in [0.2, 0.25) is 0 Å². The van der Waals surface area contributed by atoms with Gasteiger partial charge in [-0.3, -0.25) is 4.99 Å². The van der Waals surface area contributed by atoms with Crippen molar-refractivity contribution in [3.8, 4) is 0 Å². The number of hydrogen-bond acceptors (Lipinski definition) is 3. The van der Waals surface area contributed by atoms with E-state index < -0.39 is 0 Å². The lowest BCUT2D eigenvalue weighted by Crippen LogP contribution is -2.58. The molecule has 0 radical (unpaired) electrons. The van der Waals surface area contributed by atoms with Gasteiger partial charge in [0, 0.05) is 44.4 Å². The lowest BCUT2D eigenvalue weighted by molar-refractivity contribution is 0.0354. The van der Waals surface area contributed by atoms with Gasteiger partial charge in [-0.2, -0.15) is 0 Å². The molecule has 1 aliphatic heterocycles. The Kier molecular flexibility index (Phi) is 10.5. The zero-order valence-electron chi connectivity index (χ0n) is 16.5. The second kappa shape index (κ2) is 11.8. The molecule has 1 aromatic rings. The fourth-order valence-corrected chi connectivity index (χ4v) is 3.20. The van der Waals surface area contributed by atoms with Crippen molar-refractivity contribution >= 4 is 29.9 Å². The Morgan fingerprint density at radius 1 is 1.19 bits per heavy atom. The fourth-order valence-electron chi connectivity index (χ4n) is 3.20. The van der Waals surface area contributed by atoms with Crippen LogP contribution in [0.3, 0.4) is 0 Å². The first kappa shape index (κ1) is 23.2. The van der Waals surface area contributed by atoms with Gasteiger partial charge in [0.25, 0.3) is 0 Å². The van der Waals surface area contributed by atoms with E-state index in [1.54, 1.807) is 0 Å². The molecule has 1 aromatic carbocycles. The second-order valence-corrected chi connectivity index (χ2v) is 7.05. The SMILES string of the molecule is CCC(C)NC(=NC)NCC1(NC(C)c2ccccc2)CCOCC1.I. The summed E-state index contributed by atoms with van der Waals surface area (Å²) in [6.07, 6.45) is 3.07. The topological polar surface area (TPSA) is 57.7 Å². The Labute approximate surface area is 175 Å². The monoisotopic (exact) mass is 474 g/mol. The van der Waals surface area contributed by atoms with E-state index in [0.29, 0.717) is 12.1 Å². The third-order valence-corrected chi connectivity index (χ3v) is 5.09. The molecule has 0 saturated carbocycles. The Bertz CT molecular complexity index is 532. The lowest BCUT2D eigenvalue weighted by Gasteiger charge is -2.41. The molecule has 2 atom stereocenters. The third kappa shape index (κ3) is 7.04. The molecule has 1 aliphatic rings. The summed E-state index contributed by atoms with van der Waals surface area (Å²) in [5, 5.41) is 10.8. The molecule has 26 heavy (non-hydrogen) atoms. The van der Waals surface area contributed by atoms with E-state index in [0.717, 1.165) is 45.0 Å². The van der Waals surface area contributed by atoms with E-state index in [1.807, 2.05) is 7.05 Å².